The highest BCUT2D eigenvalue weighted by atomic mass is 32.2. The Labute approximate surface area is 125 Å². The molecular weight excluding hydrogens is 276 g/mol. The number of amides is 2. The van der Waals surface area contributed by atoms with Crippen molar-refractivity contribution in [2.45, 2.75) is 39.7 Å². The van der Waals surface area contributed by atoms with Crippen molar-refractivity contribution in [3.05, 3.63) is 0 Å². The number of thioether (sulfide) groups is 1. The zero-order chi connectivity index (χ0) is 15.6. The Morgan fingerprint density at radius 1 is 1.40 bits per heavy atom. The third kappa shape index (κ3) is 11.7. The second-order valence-corrected chi connectivity index (χ2v) is 6.82. The highest BCUT2D eigenvalue weighted by Gasteiger charge is 2.22. The lowest BCUT2D eigenvalue weighted by Crippen LogP contribution is -2.45. The van der Waals surface area contributed by atoms with Gasteiger partial charge in [0.05, 0.1) is 12.2 Å². The van der Waals surface area contributed by atoms with Crippen LogP contribution in [-0.2, 0) is 4.79 Å². The lowest BCUT2D eigenvalue weighted by molar-refractivity contribution is -0.137. The zero-order valence-electron chi connectivity index (χ0n) is 12.4. The molecule has 0 aliphatic rings. The molecule has 1 unspecified atom stereocenters. The van der Waals surface area contributed by atoms with Gasteiger partial charge in [-0.1, -0.05) is 26.7 Å². The maximum absolute atomic E-state index is 11.7. The van der Waals surface area contributed by atoms with Gasteiger partial charge in [-0.15, -0.1) is 18.2 Å². The van der Waals surface area contributed by atoms with Gasteiger partial charge >= 0.3 is 12.0 Å². The molecule has 0 saturated heterocycles. The van der Waals surface area contributed by atoms with Crippen LogP contribution in [0.3, 0.4) is 0 Å². The fourth-order valence-electron chi connectivity index (χ4n) is 1.73. The molecule has 2 amide bonds. The summed E-state index contributed by atoms with van der Waals surface area (Å²) in [5.74, 6) is 2.95. The molecule has 0 rings (SSSR count). The second kappa shape index (κ2) is 9.54. The largest absolute Gasteiger partial charge is 0.481 e. The van der Waals surface area contributed by atoms with Crippen molar-refractivity contribution < 1.29 is 14.7 Å². The average molecular weight is 300 g/mol. The Morgan fingerprint density at radius 2 is 2.05 bits per heavy atom. The molecule has 0 fully saturated rings. The number of urea groups is 1. The molecule has 114 valence electrons. The van der Waals surface area contributed by atoms with E-state index < -0.39 is 5.97 Å². The van der Waals surface area contributed by atoms with Crippen molar-refractivity contribution in [1.82, 2.24) is 10.6 Å². The van der Waals surface area contributed by atoms with E-state index in [-0.39, 0.29) is 23.9 Å². The fraction of sp³-hybridized carbons (Fsp3) is 0.714. The van der Waals surface area contributed by atoms with Crippen LogP contribution in [0.4, 0.5) is 4.79 Å². The smallest absolute Gasteiger partial charge is 0.315 e. The summed E-state index contributed by atoms with van der Waals surface area (Å²) in [6.45, 7) is 6.54. The first-order valence-electron chi connectivity index (χ1n) is 6.52. The minimum absolute atomic E-state index is 0.0456. The first-order chi connectivity index (χ1) is 9.24. The Bertz CT molecular complexity index is 358. The molecule has 1 atom stereocenters. The maximum Gasteiger partial charge on any atom is 0.315 e. The monoisotopic (exact) mass is 300 g/mol. The predicted molar refractivity (Wildman–Crippen MR) is 82.8 cm³/mol. The summed E-state index contributed by atoms with van der Waals surface area (Å²) in [7, 11) is 0. The summed E-state index contributed by atoms with van der Waals surface area (Å²) in [5, 5.41) is 14.3. The summed E-state index contributed by atoms with van der Waals surface area (Å²) in [4.78, 5) is 22.5. The molecule has 0 radical (unpaired) electrons. The van der Waals surface area contributed by atoms with Crippen molar-refractivity contribution in [2.24, 2.45) is 5.41 Å². The van der Waals surface area contributed by atoms with E-state index in [0.717, 1.165) is 5.75 Å². The third-order valence-electron chi connectivity index (χ3n) is 2.33. The number of rotatable bonds is 8. The van der Waals surface area contributed by atoms with E-state index in [1.807, 2.05) is 20.8 Å². The molecule has 0 heterocycles. The van der Waals surface area contributed by atoms with E-state index in [1.54, 1.807) is 11.8 Å². The van der Waals surface area contributed by atoms with Crippen molar-refractivity contribution in [3.63, 3.8) is 0 Å². The van der Waals surface area contributed by atoms with Gasteiger partial charge < -0.3 is 15.7 Å². The molecule has 0 saturated carbocycles. The van der Waals surface area contributed by atoms with E-state index >= 15 is 0 Å². The molecule has 6 heteroatoms. The van der Waals surface area contributed by atoms with Crippen molar-refractivity contribution in [1.29, 1.82) is 0 Å². The van der Waals surface area contributed by atoms with E-state index in [0.29, 0.717) is 18.7 Å². The van der Waals surface area contributed by atoms with Crippen molar-refractivity contribution in [2.75, 3.05) is 18.1 Å². The van der Waals surface area contributed by atoms with E-state index in [1.165, 1.54) is 0 Å². The minimum Gasteiger partial charge on any atom is -0.481 e. The summed E-state index contributed by atoms with van der Waals surface area (Å²) in [6.07, 6.45) is 5.65. The first kappa shape index (κ1) is 18.7. The van der Waals surface area contributed by atoms with Crippen LogP contribution in [0.25, 0.3) is 0 Å². The molecule has 0 aromatic rings. The lowest BCUT2D eigenvalue weighted by atomic mass is 9.87. The topological polar surface area (TPSA) is 78.4 Å². The van der Waals surface area contributed by atoms with Crippen LogP contribution in [0.5, 0.6) is 0 Å². The number of carboxylic acid groups (broad SMARTS) is 1. The SMILES string of the molecule is C#CCSCCNC(=O)NC(CC(=O)O)CC(C)(C)C. The van der Waals surface area contributed by atoms with Crippen LogP contribution in [0.1, 0.15) is 33.6 Å². The highest BCUT2D eigenvalue weighted by Crippen LogP contribution is 2.22. The van der Waals surface area contributed by atoms with Gasteiger partial charge in [-0.25, -0.2) is 4.79 Å². The number of aliphatic carboxylic acids is 1. The second-order valence-electron chi connectivity index (χ2n) is 5.72. The Morgan fingerprint density at radius 3 is 2.55 bits per heavy atom. The van der Waals surface area contributed by atoms with Crippen LogP contribution in [0.15, 0.2) is 0 Å². The molecule has 0 aromatic carbocycles. The molecule has 0 bridgehead atoms. The van der Waals surface area contributed by atoms with Gasteiger partial charge in [-0.05, 0) is 11.8 Å². The number of carbonyl (C=O) groups excluding carboxylic acids is 1. The Kier molecular flexibility index (Phi) is 8.89. The maximum atomic E-state index is 11.7. The van der Waals surface area contributed by atoms with E-state index in [4.69, 9.17) is 11.5 Å². The standard InChI is InChI=1S/C14H24N2O3S/c1-5-7-20-8-6-15-13(19)16-11(9-12(17)18)10-14(2,3)4/h1,11H,6-10H2,2-4H3,(H,17,18)(H2,15,16,19). The molecular formula is C14H24N2O3S. The molecule has 0 aliphatic carbocycles. The molecule has 3 N–H and O–H groups in total. The van der Waals surface area contributed by atoms with Gasteiger partial charge in [-0.2, -0.15) is 0 Å². The summed E-state index contributed by atoms with van der Waals surface area (Å²) in [5.41, 5.74) is -0.0456. The van der Waals surface area contributed by atoms with Crippen LogP contribution in [-0.4, -0.2) is 41.2 Å². The van der Waals surface area contributed by atoms with Crippen molar-refractivity contribution in [3.8, 4) is 12.3 Å². The molecule has 20 heavy (non-hydrogen) atoms. The normalized spacial score (nSPS) is 12.3. The number of hydrogen-bond acceptors (Lipinski definition) is 3. The quantitative estimate of drug-likeness (QED) is 0.473. The van der Waals surface area contributed by atoms with Gasteiger partial charge in [0.2, 0.25) is 0 Å². The number of carboxylic acids is 1. The predicted octanol–water partition coefficient (Wildman–Crippen LogP) is 1.93. The average Bonchev–Trinajstić information content (AvgIpc) is 2.25. The van der Waals surface area contributed by atoms with Gasteiger partial charge in [0.15, 0.2) is 0 Å². The van der Waals surface area contributed by atoms with Crippen LogP contribution >= 0.6 is 11.8 Å². The summed E-state index contributed by atoms with van der Waals surface area (Å²) >= 11 is 1.56. The molecule has 5 nitrogen and oxygen atoms in total. The lowest BCUT2D eigenvalue weighted by Gasteiger charge is -2.25. The number of carbonyl (C=O) groups is 2. The van der Waals surface area contributed by atoms with Crippen LogP contribution < -0.4 is 10.6 Å². The van der Waals surface area contributed by atoms with Gasteiger partial charge in [0, 0.05) is 18.3 Å². The van der Waals surface area contributed by atoms with Crippen LogP contribution in [0, 0.1) is 17.8 Å². The van der Waals surface area contributed by atoms with Gasteiger partial charge in [0.25, 0.3) is 0 Å². The number of nitrogens with one attached hydrogen (secondary N) is 2. The molecule has 0 aliphatic heterocycles. The minimum atomic E-state index is -0.913. The number of terminal acetylenes is 1. The Balaban J connectivity index is 4.12. The van der Waals surface area contributed by atoms with Gasteiger partial charge in [-0.3, -0.25) is 4.79 Å². The molecule has 0 spiro atoms. The van der Waals surface area contributed by atoms with Gasteiger partial charge in [0.1, 0.15) is 0 Å². The van der Waals surface area contributed by atoms with Crippen LogP contribution in [0.2, 0.25) is 0 Å². The van der Waals surface area contributed by atoms with E-state index in [2.05, 4.69) is 16.6 Å². The Hall–Kier alpha value is -1.35. The third-order valence-corrected chi connectivity index (χ3v) is 3.20. The first-order valence-corrected chi connectivity index (χ1v) is 7.67. The van der Waals surface area contributed by atoms with E-state index in [9.17, 15) is 9.59 Å². The van der Waals surface area contributed by atoms with Crippen molar-refractivity contribution >= 4 is 23.8 Å². The summed E-state index contributed by atoms with van der Waals surface area (Å²) in [6, 6.07) is -0.701. The number of hydrogen-bond donors (Lipinski definition) is 3. The zero-order valence-corrected chi connectivity index (χ0v) is 13.2. The summed E-state index contributed by atoms with van der Waals surface area (Å²) < 4.78 is 0. The highest BCUT2D eigenvalue weighted by molar-refractivity contribution is 7.99. The fourth-order valence-corrected chi connectivity index (χ4v) is 2.24. The molecule has 0 aromatic heterocycles.